The number of hydrogen-bond acceptors (Lipinski definition) is 2. The van der Waals surface area contributed by atoms with Crippen molar-refractivity contribution in [2.45, 2.75) is 19.3 Å². The average Bonchev–Trinajstić information content (AvgIpc) is 3.55. The first-order valence-electron chi connectivity index (χ1n) is 12.7. The van der Waals surface area contributed by atoms with Gasteiger partial charge in [-0.15, -0.1) is 0 Å². The predicted molar refractivity (Wildman–Crippen MR) is 151 cm³/mol. The largest absolute Gasteiger partial charge is 0.423 e. The molecule has 0 saturated heterocycles. The molecule has 37 heavy (non-hydrogen) atoms. The molecule has 3 nitrogen and oxygen atoms in total. The number of imidazole rings is 1. The highest BCUT2D eigenvalue weighted by Gasteiger charge is 2.35. The van der Waals surface area contributed by atoms with E-state index in [2.05, 4.69) is 115 Å². The van der Waals surface area contributed by atoms with Crippen LogP contribution in [0.2, 0.25) is 0 Å². The van der Waals surface area contributed by atoms with Gasteiger partial charge in [-0.1, -0.05) is 98.8 Å². The molecule has 2 heterocycles. The first kappa shape index (κ1) is 20.6. The highest BCUT2D eigenvalue weighted by atomic mass is 16.4. The Morgan fingerprint density at radius 3 is 2.30 bits per heavy atom. The number of nitrogens with zero attached hydrogens (tertiary/aromatic N) is 2. The van der Waals surface area contributed by atoms with Gasteiger partial charge in [0.15, 0.2) is 5.58 Å². The molecule has 0 fully saturated rings. The molecule has 176 valence electrons. The minimum absolute atomic E-state index is 0.0728. The van der Waals surface area contributed by atoms with Crippen molar-refractivity contribution in [3.05, 3.63) is 120 Å². The van der Waals surface area contributed by atoms with Gasteiger partial charge < -0.3 is 4.42 Å². The molecule has 2 aromatic heterocycles. The second kappa shape index (κ2) is 7.21. The molecule has 8 rings (SSSR count). The van der Waals surface area contributed by atoms with E-state index in [4.69, 9.17) is 9.40 Å². The Balaban J connectivity index is 1.42. The second-order valence-electron chi connectivity index (χ2n) is 10.5. The third-order valence-electron chi connectivity index (χ3n) is 8.03. The fraction of sp³-hybridized carbons (Fsp3) is 0.0882. The zero-order valence-corrected chi connectivity index (χ0v) is 20.7. The van der Waals surface area contributed by atoms with Gasteiger partial charge in [-0.05, 0) is 57.3 Å². The van der Waals surface area contributed by atoms with E-state index < -0.39 is 0 Å². The first-order valence-corrected chi connectivity index (χ1v) is 12.7. The van der Waals surface area contributed by atoms with Crippen LogP contribution in [0.3, 0.4) is 0 Å². The summed E-state index contributed by atoms with van der Waals surface area (Å²) >= 11 is 0. The molecular formula is C34H24N2O. The molecule has 3 heteroatoms. The van der Waals surface area contributed by atoms with Gasteiger partial charge in [0.05, 0.1) is 11.2 Å². The van der Waals surface area contributed by atoms with Gasteiger partial charge in [-0.3, -0.25) is 4.40 Å². The Labute approximate surface area is 214 Å². The van der Waals surface area contributed by atoms with Crippen molar-refractivity contribution in [1.29, 1.82) is 0 Å². The predicted octanol–water partition coefficient (Wildman–Crippen LogP) is 8.87. The van der Waals surface area contributed by atoms with E-state index in [1.807, 2.05) is 12.1 Å². The third-order valence-corrected chi connectivity index (χ3v) is 8.03. The number of para-hydroxylation sites is 2. The maximum atomic E-state index is 6.24. The van der Waals surface area contributed by atoms with E-state index in [9.17, 15) is 0 Å². The molecule has 0 atom stereocenters. The normalized spacial score (nSPS) is 13.9. The molecule has 1 aliphatic carbocycles. The molecule has 0 aliphatic heterocycles. The van der Waals surface area contributed by atoms with Crippen molar-refractivity contribution < 1.29 is 4.42 Å². The lowest BCUT2D eigenvalue weighted by molar-refractivity contribution is 0.642. The molecule has 0 spiro atoms. The van der Waals surface area contributed by atoms with Crippen LogP contribution >= 0.6 is 0 Å². The van der Waals surface area contributed by atoms with Crippen molar-refractivity contribution in [2.75, 3.05) is 0 Å². The Bertz CT molecular complexity index is 2020. The molecule has 5 aromatic carbocycles. The number of hydrogen-bond donors (Lipinski definition) is 0. The van der Waals surface area contributed by atoms with Crippen molar-refractivity contribution in [3.63, 3.8) is 0 Å². The maximum absolute atomic E-state index is 6.24. The van der Waals surface area contributed by atoms with Crippen LogP contribution in [-0.4, -0.2) is 9.38 Å². The lowest BCUT2D eigenvalue weighted by Gasteiger charge is -2.21. The molecule has 0 unspecified atom stereocenters. The summed E-state index contributed by atoms with van der Waals surface area (Å²) in [6, 6.07) is 38.9. The lowest BCUT2D eigenvalue weighted by Crippen LogP contribution is -2.14. The summed E-state index contributed by atoms with van der Waals surface area (Å²) < 4.78 is 8.41. The number of aromatic nitrogens is 2. The van der Waals surface area contributed by atoms with Crippen LogP contribution in [-0.2, 0) is 5.41 Å². The monoisotopic (exact) mass is 476 g/mol. The van der Waals surface area contributed by atoms with Crippen LogP contribution in [0.5, 0.6) is 0 Å². The zero-order chi connectivity index (χ0) is 24.7. The highest BCUT2D eigenvalue weighted by molar-refractivity contribution is 5.93. The SMILES string of the molecule is CC1(C)c2ccccc2-c2ccc(-c3nc4oc5ccccc5n4c3-c3ccc4ccccc4c3)cc21. The molecule has 7 aromatic rings. The summed E-state index contributed by atoms with van der Waals surface area (Å²) in [6.07, 6.45) is 0. The molecule has 1 aliphatic rings. The number of rotatable bonds is 2. The third kappa shape index (κ3) is 2.80. The van der Waals surface area contributed by atoms with E-state index in [-0.39, 0.29) is 5.41 Å². The Kier molecular flexibility index (Phi) is 4.00. The summed E-state index contributed by atoms with van der Waals surface area (Å²) in [5.74, 6) is 0.613. The van der Waals surface area contributed by atoms with E-state index in [1.54, 1.807) is 0 Å². The molecule has 0 bridgehead atoms. The van der Waals surface area contributed by atoms with Crippen LogP contribution in [0, 0.1) is 0 Å². The molecule has 0 saturated carbocycles. The molecule has 0 N–H and O–H groups in total. The topological polar surface area (TPSA) is 30.4 Å². The zero-order valence-electron chi connectivity index (χ0n) is 20.7. The van der Waals surface area contributed by atoms with Crippen LogP contribution in [0.4, 0.5) is 0 Å². The number of oxazole rings is 1. The first-order chi connectivity index (χ1) is 18.1. The fourth-order valence-corrected chi connectivity index (χ4v) is 6.17. The van der Waals surface area contributed by atoms with Gasteiger partial charge in [0.1, 0.15) is 5.69 Å². The van der Waals surface area contributed by atoms with Gasteiger partial charge in [0.2, 0.25) is 0 Å². The van der Waals surface area contributed by atoms with Crippen LogP contribution in [0.25, 0.3) is 61.4 Å². The van der Waals surface area contributed by atoms with Gasteiger partial charge in [0, 0.05) is 16.5 Å². The van der Waals surface area contributed by atoms with Crippen molar-refractivity contribution in [1.82, 2.24) is 9.38 Å². The van der Waals surface area contributed by atoms with Gasteiger partial charge in [-0.25, -0.2) is 0 Å². The Morgan fingerprint density at radius 2 is 1.38 bits per heavy atom. The van der Waals surface area contributed by atoms with E-state index in [0.717, 1.165) is 33.6 Å². The average molecular weight is 477 g/mol. The maximum Gasteiger partial charge on any atom is 0.307 e. The summed E-state index contributed by atoms with van der Waals surface area (Å²) in [4.78, 5) is 5.10. The van der Waals surface area contributed by atoms with E-state index >= 15 is 0 Å². The number of benzene rings is 5. The highest BCUT2D eigenvalue weighted by Crippen LogP contribution is 2.50. The second-order valence-corrected chi connectivity index (χ2v) is 10.5. The summed E-state index contributed by atoms with van der Waals surface area (Å²) in [6.45, 7) is 4.64. The molecule has 0 amide bonds. The van der Waals surface area contributed by atoms with Crippen LogP contribution < -0.4 is 0 Å². The number of fused-ring (bicyclic) bond motifs is 7. The van der Waals surface area contributed by atoms with Crippen LogP contribution in [0.15, 0.2) is 114 Å². The lowest BCUT2D eigenvalue weighted by atomic mass is 9.82. The van der Waals surface area contributed by atoms with Gasteiger partial charge in [0.25, 0.3) is 0 Å². The van der Waals surface area contributed by atoms with Gasteiger partial charge in [-0.2, -0.15) is 4.98 Å². The fourth-order valence-electron chi connectivity index (χ4n) is 6.17. The molecule has 0 radical (unpaired) electrons. The van der Waals surface area contributed by atoms with Crippen molar-refractivity contribution >= 4 is 27.7 Å². The summed E-state index contributed by atoms with van der Waals surface area (Å²) in [5, 5.41) is 2.43. The Hall–Kier alpha value is -4.63. The summed E-state index contributed by atoms with van der Waals surface area (Å²) in [5.41, 5.74) is 11.4. The standard InChI is InChI=1S/C34H24N2O/c1-34(2)27-12-6-5-11-25(27)26-18-17-23(20-28(26)34)31-32(24-16-15-21-9-3-4-10-22(21)19-24)36-29-13-7-8-14-30(29)37-33(36)35-31/h3-20H,1-2H3. The minimum Gasteiger partial charge on any atom is -0.423 e. The molecular weight excluding hydrogens is 452 g/mol. The minimum atomic E-state index is -0.0728. The summed E-state index contributed by atoms with van der Waals surface area (Å²) in [7, 11) is 0. The van der Waals surface area contributed by atoms with E-state index in [0.29, 0.717) is 5.84 Å². The van der Waals surface area contributed by atoms with Crippen molar-refractivity contribution in [2.24, 2.45) is 0 Å². The Morgan fingerprint density at radius 1 is 0.649 bits per heavy atom. The van der Waals surface area contributed by atoms with Gasteiger partial charge >= 0.3 is 5.84 Å². The van der Waals surface area contributed by atoms with Crippen molar-refractivity contribution in [3.8, 4) is 33.6 Å². The quantitative estimate of drug-likeness (QED) is 0.249. The van der Waals surface area contributed by atoms with E-state index in [1.165, 1.54) is 33.0 Å². The van der Waals surface area contributed by atoms with Crippen LogP contribution in [0.1, 0.15) is 25.0 Å². The smallest absolute Gasteiger partial charge is 0.307 e.